The number of carbonyl (C=O) groups excluding carboxylic acids is 2. The van der Waals surface area contributed by atoms with Gasteiger partial charge in [0.15, 0.2) is 0 Å². The highest BCUT2D eigenvalue weighted by atomic mass is 32.2. The number of hydrogen-bond donors (Lipinski definition) is 3. The summed E-state index contributed by atoms with van der Waals surface area (Å²) in [6.45, 7) is 5.66. The fraction of sp³-hybridized carbons (Fsp3) is 0.300. The number of aryl methyl sites for hydroxylation is 1. The van der Waals surface area contributed by atoms with Gasteiger partial charge in [-0.2, -0.15) is 0 Å². The van der Waals surface area contributed by atoms with Gasteiger partial charge in [0, 0.05) is 18.3 Å². The molecule has 0 saturated carbocycles. The molecule has 0 fully saturated rings. The van der Waals surface area contributed by atoms with Gasteiger partial charge in [0.2, 0.25) is 10.0 Å². The molecular weight excluding hydrogens is 378 g/mol. The molecule has 0 aliphatic rings. The van der Waals surface area contributed by atoms with E-state index in [9.17, 15) is 18.0 Å². The first kappa shape index (κ1) is 21.6. The van der Waals surface area contributed by atoms with Gasteiger partial charge in [-0.25, -0.2) is 13.1 Å². The third kappa shape index (κ3) is 6.47. The average Bonchev–Trinajstić information content (AvgIpc) is 2.61. The summed E-state index contributed by atoms with van der Waals surface area (Å²) < 4.78 is 26.7. The third-order valence-corrected chi connectivity index (χ3v) is 5.48. The fourth-order valence-corrected chi connectivity index (χ4v) is 3.78. The summed E-state index contributed by atoms with van der Waals surface area (Å²) in [7, 11) is -3.53. The van der Waals surface area contributed by atoms with E-state index in [4.69, 9.17) is 0 Å². The fourth-order valence-electron chi connectivity index (χ4n) is 2.52. The quantitative estimate of drug-likeness (QED) is 0.615. The van der Waals surface area contributed by atoms with Crippen LogP contribution in [0.25, 0.3) is 0 Å². The van der Waals surface area contributed by atoms with E-state index in [1.807, 2.05) is 13.0 Å². The molecular formula is C20H25N3O4S. The van der Waals surface area contributed by atoms with Crippen LogP contribution >= 0.6 is 0 Å². The van der Waals surface area contributed by atoms with Crippen LogP contribution in [0.3, 0.4) is 0 Å². The molecule has 0 aromatic heterocycles. The molecule has 7 nitrogen and oxygen atoms in total. The van der Waals surface area contributed by atoms with Crippen molar-refractivity contribution >= 4 is 27.5 Å². The van der Waals surface area contributed by atoms with Gasteiger partial charge in [-0.1, -0.05) is 24.3 Å². The first-order valence-corrected chi connectivity index (χ1v) is 10.4. The number of nitrogens with one attached hydrogen (secondary N) is 3. The van der Waals surface area contributed by atoms with Crippen LogP contribution in [0.4, 0.5) is 5.69 Å². The number of hydrogen-bond acceptors (Lipinski definition) is 4. The molecule has 0 heterocycles. The van der Waals surface area contributed by atoms with Crippen molar-refractivity contribution in [2.24, 2.45) is 0 Å². The first-order valence-electron chi connectivity index (χ1n) is 8.94. The minimum Gasteiger partial charge on any atom is -0.347 e. The molecule has 3 N–H and O–H groups in total. The summed E-state index contributed by atoms with van der Waals surface area (Å²) in [5.74, 6) is -1.45. The Morgan fingerprint density at radius 1 is 1.00 bits per heavy atom. The van der Waals surface area contributed by atoms with Crippen molar-refractivity contribution in [2.45, 2.75) is 38.1 Å². The Bertz CT molecular complexity index is 938. The Morgan fingerprint density at radius 2 is 1.68 bits per heavy atom. The maximum absolute atomic E-state index is 12.1. The molecule has 8 heteroatoms. The predicted octanol–water partition coefficient (Wildman–Crippen LogP) is 1.98. The van der Waals surface area contributed by atoms with Crippen molar-refractivity contribution in [2.75, 3.05) is 11.9 Å². The number of amides is 2. The van der Waals surface area contributed by atoms with Crippen LogP contribution in [0.2, 0.25) is 0 Å². The molecule has 2 amide bonds. The van der Waals surface area contributed by atoms with Gasteiger partial charge < -0.3 is 10.6 Å². The Kier molecular flexibility index (Phi) is 7.31. The van der Waals surface area contributed by atoms with Crippen LogP contribution in [0.15, 0.2) is 53.4 Å². The molecule has 0 bridgehead atoms. The summed E-state index contributed by atoms with van der Waals surface area (Å²) in [5.41, 5.74) is 2.39. The summed E-state index contributed by atoms with van der Waals surface area (Å²) in [5, 5.41) is 5.10. The second kappa shape index (κ2) is 9.48. The van der Waals surface area contributed by atoms with Crippen LogP contribution < -0.4 is 15.4 Å². The molecule has 0 saturated heterocycles. The van der Waals surface area contributed by atoms with Crippen molar-refractivity contribution in [1.29, 1.82) is 0 Å². The van der Waals surface area contributed by atoms with Crippen molar-refractivity contribution in [3.8, 4) is 0 Å². The Morgan fingerprint density at radius 3 is 2.29 bits per heavy atom. The number of sulfonamides is 1. The van der Waals surface area contributed by atoms with Gasteiger partial charge in [0.25, 0.3) is 0 Å². The molecule has 0 aliphatic carbocycles. The largest absolute Gasteiger partial charge is 0.347 e. The Balaban J connectivity index is 1.84. The van der Waals surface area contributed by atoms with E-state index in [0.29, 0.717) is 12.1 Å². The van der Waals surface area contributed by atoms with E-state index in [2.05, 4.69) is 15.4 Å². The summed E-state index contributed by atoms with van der Waals surface area (Å²) >= 11 is 0. The zero-order chi connectivity index (χ0) is 20.7. The number of rotatable bonds is 7. The van der Waals surface area contributed by atoms with Gasteiger partial charge >= 0.3 is 11.8 Å². The van der Waals surface area contributed by atoms with Gasteiger partial charge in [-0.05, 0) is 62.6 Å². The van der Waals surface area contributed by atoms with Crippen molar-refractivity contribution in [3.63, 3.8) is 0 Å². The van der Waals surface area contributed by atoms with Crippen LogP contribution in [-0.2, 0) is 26.0 Å². The van der Waals surface area contributed by atoms with E-state index in [1.54, 1.807) is 44.2 Å². The van der Waals surface area contributed by atoms with Crippen LogP contribution in [0.1, 0.15) is 25.0 Å². The van der Waals surface area contributed by atoms with Crippen LogP contribution in [0.5, 0.6) is 0 Å². The second-order valence-electron chi connectivity index (χ2n) is 6.75. The van der Waals surface area contributed by atoms with Crippen LogP contribution in [-0.4, -0.2) is 32.8 Å². The predicted molar refractivity (Wildman–Crippen MR) is 108 cm³/mol. The summed E-state index contributed by atoms with van der Waals surface area (Å²) in [6, 6.07) is 13.4. The monoisotopic (exact) mass is 403 g/mol. The molecule has 150 valence electrons. The van der Waals surface area contributed by atoms with Crippen molar-refractivity contribution < 1.29 is 18.0 Å². The lowest BCUT2D eigenvalue weighted by Gasteiger charge is -2.10. The molecule has 28 heavy (non-hydrogen) atoms. The number of anilines is 1. The maximum atomic E-state index is 12.1. The molecule has 0 aliphatic heterocycles. The zero-order valence-corrected chi connectivity index (χ0v) is 17.0. The second-order valence-corrected chi connectivity index (χ2v) is 8.46. The van der Waals surface area contributed by atoms with Crippen LogP contribution in [0, 0.1) is 6.92 Å². The lowest BCUT2D eigenvalue weighted by Crippen LogP contribution is -2.36. The first-order chi connectivity index (χ1) is 13.2. The smallest absolute Gasteiger partial charge is 0.313 e. The lowest BCUT2D eigenvalue weighted by molar-refractivity contribution is -0.136. The normalized spacial score (nSPS) is 11.3. The van der Waals surface area contributed by atoms with Gasteiger partial charge in [-0.15, -0.1) is 0 Å². The molecule has 2 aromatic rings. The summed E-state index contributed by atoms with van der Waals surface area (Å²) in [6.07, 6.45) is 0.474. The highest BCUT2D eigenvalue weighted by molar-refractivity contribution is 7.89. The third-order valence-electron chi connectivity index (χ3n) is 3.81. The molecule has 0 radical (unpaired) electrons. The minimum absolute atomic E-state index is 0.187. The van der Waals surface area contributed by atoms with Gasteiger partial charge in [0.1, 0.15) is 0 Å². The highest BCUT2D eigenvalue weighted by Gasteiger charge is 2.15. The lowest BCUT2D eigenvalue weighted by atomic mass is 10.1. The van der Waals surface area contributed by atoms with E-state index >= 15 is 0 Å². The molecule has 0 unspecified atom stereocenters. The van der Waals surface area contributed by atoms with E-state index < -0.39 is 21.8 Å². The Hall–Kier alpha value is -2.71. The topological polar surface area (TPSA) is 104 Å². The maximum Gasteiger partial charge on any atom is 0.313 e. The average molecular weight is 404 g/mol. The molecule has 0 spiro atoms. The minimum atomic E-state index is -3.53. The van der Waals surface area contributed by atoms with Gasteiger partial charge in [-0.3, -0.25) is 9.59 Å². The number of carbonyl (C=O) groups is 2. The SMILES string of the molecule is Cc1cccc(NC(=O)C(=O)NCCc2ccc(S(=O)(=O)NC(C)C)cc2)c1. The van der Waals surface area contributed by atoms with E-state index in [0.717, 1.165) is 11.1 Å². The standard InChI is InChI=1S/C20H25N3O4S/c1-14(2)23-28(26,27)18-9-7-16(8-10-18)11-12-21-19(24)20(25)22-17-6-4-5-15(3)13-17/h4-10,13-14,23H,11-12H2,1-3H3,(H,21,24)(H,22,25). The number of benzene rings is 2. The van der Waals surface area contributed by atoms with Crippen molar-refractivity contribution in [1.82, 2.24) is 10.0 Å². The Labute approximate surface area is 165 Å². The van der Waals surface area contributed by atoms with Crippen molar-refractivity contribution in [3.05, 3.63) is 59.7 Å². The molecule has 0 atom stereocenters. The van der Waals surface area contributed by atoms with E-state index in [1.165, 1.54) is 12.1 Å². The molecule has 2 aromatic carbocycles. The molecule has 2 rings (SSSR count). The van der Waals surface area contributed by atoms with Gasteiger partial charge in [0.05, 0.1) is 4.90 Å². The zero-order valence-electron chi connectivity index (χ0n) is 16.2. The highest BCUT2D eigenvalue weighted by Crippen LogP contribution is 2.12. The van der Waals surface area contributed by atoms with E-state index in [-0.39, 0.29) is 17.5 Å². The summed E-state index contributed by atoms with van der Waals surface area (Å²) in [4.78, 5) is 24.0.